The summed E-state index contributed by atoms with van der Waals surface area (Å²) in [7, 11) is 0. The lowest BCUT2D eigenvalue weighted by molar-refractivity contribution is 0.102. The van der Waals surface area contributed by atoms with Crippen molar-refractivity contribution >= 4 is 22.4 Å². The van der Waals surface area contributed by atoms with Crippen molar-refractivity contribution in [1.29, 1.82) is 0 Å². The van der Waals surface area contributed by atoms with Gasteiger partial charge in [-0.1, -0.05) is 0 Å². The van der Waals surface area contributed by atoms with E-state index in [1.165, 1.54) is 11.3 Å². The second-order valence-corrected chi connectivity index (χ2v) is 8.76. The van der Waals surface area contributed by atoms with Crippen LogP contribution in [0.25, 0.3) is 11.3 Å². The zero-order chi connectivity index (χ0) is 23.4. The number of hydrogen-bond acceptors (Lipinski definition) is 6. The summed E-state index contributed by atoms with van der Waals surface area (Å²) in [5, 5.41) is 5.35. The molecule has 2 aromatic carbocycles. The molecular formula is C26H25N3O3S. The van der Waals surface area contributed by atoms with Crippen molar-refractivity contribution in [3.05, 3.63) is 83.0 Å². The van der Waals surface area contributed by atoms with Crippen molar-refractivity contribution in [1.82, 2.24) is 9.97 Å². The summed E-state index contributed by atoms with van der Waals surface area (Å²) in [5.74, 6) is 2.11. The molecule has 2 aromatic heterocycles. The van der Waals surface area contributed by atoms with Gasteiger partial charge in [-0.2, -0.15) is 0 Å². The van der Waals surface area contributed by atoms with Crippen LogP contribution in [0.4, 0.5) is 5.13 Å². The van der Waals surface area contributed by atoms with Gasteiger partial charge in [0.15, 0.2) is 5.13 Å². The van der Waals surface area contributed by atoms with E-state index in [-0.39, 0.29) is 12.0 Å². The zero-order valence-corrected chi connectivity index (χ0v) is 19.8. The highest BCUT2D eigenvalue weighted by Crippen LogP contribution is 2.34. The number of amides is 1. The largest absolute Gasteiger partial charge is 0.491 e. The summed E-state index contributed by atoms with van der Waals surface area (Å²) >= 11 is 1.40. The summed E-state index contributed by atoms with van der Waals surface area (Å²) in [6, 6.07) is 14.9. The Hall–Kier alpha value is -3.71. The molecule has 0 saturated carbocycles. The van der Waals surface area contributed by atoms with E-state index in [9.17, 15) is 4.79 Å². The quantitative estimate of drug-likeness (QED) is 0.335. The maximum absolute atomic E-state index is 12.4. The highest BCUT2D eigenvalue weighted by atomic mass is 32.1. The van der Waals surface area contributed by atoms with Gasteiger partial charge in [0.25, 0.3) is 5.91 Å². The number of rotatable bonds is 7. The molecule has 0 aliphatic rings. The Morgan fingerprint density at radius 2 is 1.58 bits per heavy atom. The van der Waals surface area contributed by atoms with Crippen LogP contribution in [0.3, 0.4) is 0 Å². The van der Waals surface area contributed by atoms with Gasteiger partial charge in [-0.15, -0.1) is 11.3 Å². The number of anilines is 1. The number of aryl methyl sites for hydroxylation is 2. The lowest BCUT2D eigenvalue weighted by atomic mass is 10.0. The van der Waals surface area contributed by atoms with Crippen LogP contribution in [0.2, 0.25) is 0 Å². The van der Waals surface area contributed by atoms with Crippen LogP contribution >= 0.6 is 11.3 Å². The Balaban J connectivity index is 1.49. The number of thiazole rings is 1. The molecule has 7 heteroatoms. The minimum Gasteiger partial charge on any atom is -0.491 e. The van der Waals surface area contributed by atoms with Crippen molar-refractivity contribution < 1.29 is 14.3 Å². The molecule has 1 N–H and O–H groups in total. The molecule has 0 unspecified atom stereocenters. The van der Waals surface area contributed by atoms with Crippen molar-refractivity contribution in [3.63, 3.8) is 0 Å². The van der Waals surface area contributed by atoms with Crippen molar-refractivity contribution in [3.8, 4) is 28.5 Å². The number of pyridine rings is 1. The highest BCUT2D eigenvalue weighted by molar-refractivity contribution is 7.14. The van der Waals surface area contributed by atoms with Crippen molar-refractivity contribution in [2.75, 3.05) is 5.32 Å². The Kier molecular flexibility index (Phi) is 6.70. The third kappa shape index (κ3) is 5.56. The van der Waals surface area contributed by atoms with Gasteiger partial charge in [0, 0.05) is 28.9 Å². The van der Waals surface area contributed by atoms with Crippen LogP contribution in [0.1, 0.15) is 35.3 Å². The molecular weight excluding hydrogens is 434 g/mol. The molecule has 0 aliphatic heterocycles. The Morgan fingerprint density at radius 3 is 2.21 bits per heavy atom. The molecule has 168 valence electrons. The van der Waals surface area contributed by atoms with E-state index in [1.807, 2.05) is 69.5 Å². The van der Waals surface area contributed by atoms with Crippen molar-refractivity contribution in [2.24, 2.45) is 0 Å². The van der Waals surface area contributed by atoms with E-state index in [1.54, 1.807) is 24.5 Å². The minimum absolute atomic E-state index is 0.129. The van der Waals surface area contributed by atoms with E-state index in [2.05, 4.69) is 15.3 Å². The number of carbonyl (C=O) groups is 1. The van der Waals surface area contributed by atoms with Crippen LogP contribution in [0.15, 0.2) is 66.3 Å². The van der Waals surface area contributed by atoms with Gasteiger partial charge in [0.1, 0.15) is 17.2 Å². The van der Waals surface area contributed by atoms with E-state index < -0.39 is 0 Å². The average molecular weight is 460 g/mol. The minimum atomic E-state index is -0.208. The van der Waals surface area contributed by atoms with Gasteiger partial charge in [-0.25, -0.2) is 4.98 Å². The second-order valence-electron chi connectivity index (χ2n) is 7.90. The Bertz CT molecular complexity index is 1230. The summed E-state index contributed by atoms with van der Waals surface area (Å²) in [6.45, 7) is 8.06. The third-order valence-corrected chi connectivity index (χ3v) is 5.62. The van der Waals surface area contributed by atoms with E-state index in [4.69, 9.17) is 9.47 Å². The molecule has 33 heavy (non-hydrogen) atoms. The number of carbonyl (C=O) groups excluding carboxylic acids is 1. The average Bonchev–Trinajstić information content (AvgIpc) is 3.22. The molecule has 0 atom stereocenters. The van der Waals surface area contributed by atoms with Gasteiger partial charge in [-0.05, 0) is 87.4 Å². The van der Waals surface area contributed by atoms with Gasteiger partial charge >= 0.3 is 0 Å². The molecule has 2 heterocycles. The molecule has 0 bridgehead atoms. The Labute approximate surface area is 197 Å². The van der Waals surface area contributed by atoms with Crippen LogP contribution in [-0.2, 0) is 0 Å². The maximum atomic E-state index is 12.4. The van der Waals surface area contributed by atoms with Crippen LogP contribution in [-0.4, -0.2) is 22.0 Å². The van der Waals surface area contributed by atoms with E-state index in [0.29, 0.717) is 10.7 Å². The molecule has 1 amide bonds. The standard InChI is InChI=1S/C26H25N3O3S/c1-16(2)31-20-5-7-21(8-6-20)32-22-13-17(3)24(18(4)14-22)23-15-33-26(28-23)29-25(30)19-9-11-27-12-10-19/h5-16H,1-4H3,(H,28,29,30). The van der Waals surface area contributed by atoms with Crippen LogP contribution in [0, 0.1) is 13.8 Å². The van der Waals surface area contributed by atoms with Crippen molar-refractivity contribution in [2.45, 2.75) is 33.8 Å². The fourth-order valence-corrected chi connectivity index (χ4v) is 4.20. The first-order valence-corrected chi connectivity index (χ1v) is 11.5. The molecule has 0 radical (unpaired) electrons. The summed E-state index contributed by atoms with van der Waals surface area (Å²) in [5.41, 5.74) is 4.48. The maximum Gasteiger partial charge on any atom is 0.257 e. The Morgan fingerprint density at radius 1 is 0.939 bits per heavy atom. The molecule has 0 fully saturated rings. The lowest BCUT2D eigenvalue weighted by Crippen LogP contribution is -2.11. The van der Waals surface area contributed by atoms with Crippen LogP contribution < -0.4 is 14.8 Å². The highest BCUT2D eigenvalue weighted by Gasteiger charge is 2.14. The summed E-state index contributed by atoms with van der Waals surface area (Å²) < 4.78 is 11.7. The van der Waals surface area contributed by atoms with E-state index >= 15 is 0 Å². The number of hydrogen-bond donors (Lipinski definition) is 1. The normalized spacial score (nSPS) is 10.8. The van der Waals surface area contributed by atoms with Gasteiger partial charge in [-0.3, -0.25) is 15.1 Å². The number of ether oxygens (including phenoxy) is 2. The number of benzene rings is 2. The molecule has 0 saturated heterocycles. The lowest BCUT2D eigenvalue weighted by Gasteiger charge is -2.13. The van der Waals surface area contributed by atoms with Gasteiger partial charge in [0.2, 0.25) is 0 Å². The smallest absolute Gasteiger partial charge is 0.257 e. The number of nitrogens with one attached hydrogen (secondary N) is 1. The predicted octanol–water partition coefficient (Wildman–Crippen LogP) is 6.65. The van der Waals surface area contributed by atoms with Crippen LogP contribution in [0.5, 0.6) is 17.2 Å². The first-order chi connectivity index (χ1) is 15.9. The van der Waals surface area contributed by atoms with Gasteiger partial charge < -0.3 is 9.47 Å². The molecule has 0 spiro atoms. The molecule has 6 nitrogen and oxygen atoms in total. The SMILES string of the molecule is Cc1cc(Oc2ccc(OC(C)C)cc2)cc(C)c1-c1csc(NC(=O)c2ccncc2)n1. The van der Waals surface area contributed by atoms with Gasteiger partial charge in [0.05, 0.1) is 11.8 Å². The first kappa shape index (κ1) is 22.5. The fourth-order valence-electron chi connectivity index (χ4n) is 3.50. The van der Waals surface area contributed by atoms with E-state index in [0.717, 1.165) is 39.6 Å². The third-order valence-electron chi connectivity index (χ3n) is 4.86. The zero-order valence-electron chi connectivity index (χ0n) is 19.0. The summed E-state index contributed by atoms with van der Waals surface area (Å²) in [4.78, 5) is 21.0. The predicted molar refractivity (Wildman–Crippen MR) is 131 cm³/mol. The monoisotopic (exact) mass is 459 g/mol. The molecule has 0 aliphatic carbocycles. The first-order valence-electron chi connectivity index (χ1n) is 10.6. The summed E-state index contributed by atoms with van der Waals surface area (Å²) in [6.07, 6.45) is 3.31. The molecule has 4 aromatic rings. The second kappa shape index (κ2) is 9.83. The number of aromatic nitrogens is 2. The number of nitrogens with zero attached hydrogens (tertiary/aromatic N) is 2. The molecule has 4 rings (SSSR count). The topological polar surface area (TPSA) is 73.3 Å². The fraction of sp³-hybridized carbons (Fsp3) is 0.192.